The van der Waals surface area contributed by atoms with Gasteiger partial charge in [-0.3, -0.25) is 0 Å². The first kappa shape index (κ1) is 10.3. The molecule has 0 saturated carbocycles. The highest BCUT2D eigenvalue weighted by Gasteiger charge is 1.94. The molecule has 0 aliphatic carbocycles. The van der Waals surface area contributed by atoms with Crippen molar-refractivity contribution in [2.24, 2.45) is 0 Å². The van der Waals surface area contributed by atoms with Gasteiger partial charge in [-0.05, 0) is 26.7 Å². The molecule has 0 unspecified atom stereocenters. The first-order valence-corrected chi connectivity index (χ1v) is 4.78. The molecule has 0 N–H and O–H groups in total. The molecular weight excluding hydrogens is 164 g/mol. The number of unbranched alkanes of at least 4 members (excludes halogenated alkanes) is 1. The second-order valence-corrected chi connectivity index (χ2v) is 3.37. The fraction of sp³-hybridized carbons (Fsp3) is 0.700. The molecule has 0 aliphatic heterocycles. The summed E-state index contributed by atoms with van der Waals surface area (Å²) < 4.78 is 7.47. The van der Waals surface area contributed by atoms with E-state index in [-0.39, 0.29) is 0 Å². The molecule has 1 radical (unpaired) electrons. The van der Waals surface area contributed by atoms with E-state index in [1.54, 1.807) is 6.33 Å². The quantitative estimate of drug-likeness (QED) is 0.627. The first-order chi connectivity index (χ1) is 6.29. The number of ether oxygens (including phenoxy) is 1. The van der Waals surface area contributed by atoms with Crippen molar-refractivity contribution in [2.45, 2.75) is 39.3 Å². The Hall–Kier alpha value is -0.830. The van der Waals surface area contributed by atoms with E-state index in [1.165, 1.54) is 0 Å². The van der Waals surface area contributed by atoms with Crippen LogP contribution < -0.4 is 0 Å². The smallest absolute Gasteiger partial charge is 0.108 e. The number of aryl methyl sites for hydroxylation is 1. The number of nitrogens with zero attached hydrogens (tertiary/aromatic N) is 2. The largest absolute Gasteiger partial charge is 0.379 e. The van der Waals surface area contributed by atoms with E-state index >= 15 is 0 Å². The maximum atomic E-state index is 5.43. The van der Waals surface area contributed by atoms with Gasteiger partial charge in [0, 0.05) is 19.3 Å². The first-order valence-electron chi connectivity index (χ1n) is 4.78. The average molecular weight is 181 g/mol. The summed E-state index contributed by atoms with van der Waals surface area (Å²) in [6.07, 6.45) is 9.02. The van der Waals surface area contributed by atoms with Crippen LogP contribution in [0, 0.1) is 6.20 Å². The van der Waals surface area contributed by atoms with Crippen molar-refractivity contribution in [3.63, 3.8) is 0 Å². The molecule has 0 aliphatic rings. The third kappa shape index (κ3) is 4.68. The summed E-state index contributed by atoms with van der Waals surface area (Å²) in [5.74, 6) is 0. The lowest BCUT2D eigenvalue weighted by Crippen LogP contribution is -2.04. The highest BCUT2D eigenvalue weighted by molar-refractivity contribution is 4.71. The zero-order chi connectivity index (χ0) is 9.52. The topological polar surface area (TPSA) is 27.1 Å². The molecule has 0 aromatic carbocycles. The second kappa shape index (κ2) is 5.75. The van der Waals surface area contributed by atoms with Gasteiger partial charge < -0.3 is 9.30 Å². The van der Waals surface area contributed by atoms with Crippen molar-refractivity contribution in [1.29, 1.82) is 0 Å². The highest BCUT2D eigenvalue weighted by atomic mass is 16.5. The SMILES string of the molecule is CC(C)OCCCCn1c[c]nc1. The minimum Gasteiger partial charge on any atom is -0.379 e. The van der Waals surface area contributed by atoms with Gasteiger partial charge >= 0.3 is 0 Å². The zero-order valence-electron chi connectivity index (χ0n) is 8.36. The Morgan fingerprint density at radius 3 is 2.92 bits per heavy atom. The number of hydrogen-bond acceptors (Lipinski definition) is 2. The number of aromatic nitrogens is 2. The molecule has 1 rings (SSSR count). The Morgan fingerprint density at radius 2 is 2.31 bits per heavy atom. The normalized spacial score (nSPS) is 11.0. The van der Waals surface area contributed by atoms with Crippen molar-refractivity contribution < 1.29 is 4.74 Å². The van der Waals surface area contributed by atoms with E-state index in [4.69, 9.17) is 4.74 Å². The molecule has 13 heavy (non-hydrogen) atoms. The zero-order valence-corrected chi connectivity index (χ0v) is 8.36. The van der Waals surface area contributed by atoms with E-state index in [2.05, 4.69) is 25.0 Å². The van der Waals surface area contributed by atoms with Crippen LogP contribution in [0.4, 0.5) is 0 Å². The summed E-state index contributed by atoms with van der Waals surface area (Å²) in [4.78, 5) is 3.86. The van der Waals surface area contributed by atoms with Crippen LogP contribution in [0.3, 0.4) is 0 Å². The van der Waals surface area contributed by atoms with Crippen LogP contribution in [0.5, 0.6) is 0 Å². The van der Waals surface area contributed by atoms with Gasteiger partial charge in [-0.1, -0.05) is 0 Å². The van der Waals surface area contributed by atoms with Gasteiger partial charge in [0.15, 0.2) is 0 Å². The van der Waals surface area contributed by atoms with Crippen LogP contribution in [-0.2, 0) is 11.3 Å². The molecule has 1 heterocycles. The number of hydrogen-bond donors (Lipinski definition) is 0. The Morgan fingerprint density at radius 1 is 1.46 bits per heavy atom. The predicted molar refractivity (Wildman–Crippen MR) is 51.4 cm³/mol. The molecule has 0 atom stereocenters. The van der Waals surface area contributed by atoms with E-state index in [0.29, 0.717) is 6.10 Å². The van der Waals surface area contributed by atoms with E-state index in [9.17, 15) is 0 Å². The summed E-state index contributed by atoms with van der Waals surface area (Å²) in [7, 11) is 0. The minimum atomic E-state index is 0.349. The molecule has 0 fully saturated rings. The van der Waals surface area contributed by atoms with Gasteiger partial charge in [0.2, 0.25) is 0 Å². The van der Waals surface area contributed by atoms with Gasteiger partial charge in [0.05, 0.1) is 12.4 Å². The second-order valence-electron chi connectivity index (χ2n) is 3.37. The monoisotopic (exact) mass is 181 g/mol. The van der Waals surface area contributed by atoms with Gasteiger partial charge in [-0.2, -0.15) is 0 Å². The molecule has 73 valence electrons. The summed E-state index contributed by atoms with van der Waals surface area (Å²) in [6.45, 7) is 5.99. The molecule has 0 bridgehead atoms. The van der Waals surface area contributed by atoms with Crippen molar-refractivity contribution >= 4 is 0 Å². The van der Waals surface area contributed by atoms with Crippen molar-refractivity contribution in [3.8, 4) is 0 Å². The van der Waals surface area contributed by atoms with Crippen molar-refractivity contribution in [1.82, 2.24) is 9.55 Å². The van der Waals surface area contributed by atoms with E-state index < -0.39 is 0 Å². The van der Waals surface area contributed by atoms with Gasteiger partial charge in [0.25, 0.3) is 0 Å². The average Bonchev–Trinajstić information content (AvgIpc) is 2.55. The predicted octanol–water partition coefficient (Wildman–Crippen LogP) is 1.89. The van der Waals surface area contributed by atoms with Crippen LogP contribution in [0.1, 0.15) is 26.7 Å². The van der Waals surface area contributed by atoms with Crippen LogP contribution >= 0.6 is 0 Å². The standard InChI is InChI=1S/C10H17N2O/c1-10(2)13-8-4-3-6-12-7-5-11-9-12/h7,9-10H,3-4,6,8H2,1-2H3. The maximum Gasteiger partial charge on any atom is 0.108 e. The third-order valence-electron chi connectivity index (χ3n) is 1.77. The van der Waals surface area contributed by atoms with Gasteiger partial charge in [-0.15, -0.1) is 0 Å². The Kier molecular flexibility index (Phi) is 4.54. The molecule has 3 nitrogen and oxygen atoms in total. The summed E-state index contributed by atoms with van der Waals surface area (Å²) in [5.41, 5.74) is 0. The van der Waals surface area contributed by atoms with Crippen LogP contribution in [0.15, 0.2) is 12.5 Å². The molecule has 1 aromatic heterocycles. The van der Waals surface area contributed by atoms with Crippen LogP contribution in [0.25, 0.3) is 0 Å². The molecular formula is C10H17N2O. The minimum absolute atomic E-state index is 0.349. The molecule has 1 aromatic rings. The fourth-order valence-corrected chi connectivity index (χ4v) is 1.09. The van der Waals surface area contributed by atoms with Gasteiger partial charge in [0.1, 0.15) is 6.20 Å². The van der Waals surface area contributed by atoms with Gasteiger partial charge in [-0.25, -0.2) is 4.98 Å². The van der Waals surface area contributed by atoms with E-state index in [1.807, 2.05) is 10.8 Å². The van der Waals surface area contributed by atoms with Crippen molar-refractivity contribution in [3.05, 3.63) is 18.7 Å². The Labute approximate surface area is 79.7 Å². The third-order valence-corrected chi connectivity index (χ3v) is 1.77. The van der Waals surface area contributed by atoms with Crippen molar-refractivity contribution in [2.75, 3.05) is 6.61 Å². The lowest BCUT2D eigenvalue weighted by molar-refractivity contribution is 0.0754. The molecule has 0 saturated heterocycles. The van der Waals surface area contributed by atoms with Crippen LogP contribution in [-0.4, -0.2) is 22.3 Å². The Bertz CT molecular complexity index is 207. The lowest BCUT2D eigenvalue weighted by atomic mass is 10.3. The maximum absolute atomic E-state index is 5.43. The molecule has 0 amide bonds. The molecule has 0 spiro atoms. The highest BCUT2D eigenvalue weighted by Crippen LogP contribution is 1.97. The summed E-state index contributed by atoms with van der Waals surface area (Å²) in [5, 5.41) is 0. The van der Waals surface area contributed by atoms with Crippen LogP contribution in [0.2, 0.25) is 0 Å². The van der Waals surface area contributed by atoms with E-state index in [0.717, 1.165) is 26.0 Å². The lowest BCUT2D eigenvalue weighted by Gasteiger charge is -2.06. The Balaban J connectivity index is 1.96. The fourth-order valence-electron chi connectivity index (χ4n) is 1.09. The molecule has 3 heteroatoms. The summed E-state index contributed by atoms with van der Waals surface area (Å²) in [6, 6.07) is 0. The number of imidazole rings is 1. The number of rotatable bonds is 6. The summed E-state index contributed by atoms with van der Waals surface area (Å²) >= 11 is 0.